The molecule has 0 aliphatic carbocycles. The third-order valence-corrected chi connectivity index (χ3v) is 5.71. The Morgan fingerprint density at radius 3 is 2.00 bits per heavy atom. The maximum Gasteiger partial charge on any atom is 0.124 e. The van der Waals surface area contributed by atoms with Gasteiger partial charge in [-0.3, -0.25) is 0 Å². The van der Waals surface area contributed by atoms with E-state index in [-0.39, 0.29) is 16.7 Å². The summed E-state index contributed by atoms with van der Waals surface area (Å²) in [7, 11) is 4.09. The van der Waals surface area contributed by atoms with E-state index in [9.17, 15) is 0 Å². The molecule has 3 heteroatoms. The minimum Gasteiger partial charge on any atom is -0.360 e. The summed E-state index contributed by atoms with van der Waals surface area (Å²) in [6, 6.07) is 0. The molecule has 0 aromatic heterocycles. The van der Waals surface area contributed by atoms with E-state index in [1.165, 1.54) is 17.7 Å². The summed E-state index contributed by atoms with van der Waals surface area (Å²) in [4.78, 5) is 2.49. The summed E-state index contributed by atoms with van der Waals surface area (Å²) in [6.45, 7) is 27.0. The fraction of sp³-hybridized carbons (Fsp3) is 0.778. The highest BCUT2D eigenvalue weighted by atomic mass is 31.0. The molecule has 0 aromatic rings. The zero-order valence-electron chi connectivity index (χ0n) is 15.7. The third-order valence-electron chi connectivity index (χ3n) is 4.84. The van der Waals surface area contributed by atoms with Crippen LogP contribution >= 0.6 is 9.24 Å². The second kappa shape index (κ2) is 7.86. The van der Waals surface area contributed by atoms with Crippen molar-refractivity contribution in [2.24, 2.45) is 11.3 Å². The van der Waals surface area contributed by atoms with E-state index in [1.807, 2.05) is 0 Å². The van der Waals surface area contributed by atoms with Crippen LogP contribution in [0.3, 0.4) is 0 Å². The van der Waals surface area contributed by atoms with E-state index in [0.717, 1.165) is 13.6 Å². The molecule has 0 aromatic carbocycles. The molecule has 0 fully saturated rings. The van der Waals surface area contributed by atoms with Gasteiger partial charge in [0.2, 0.25) is 0 Å². The molecule has 0 amide bonds. The van der Waals surface area contributed by atoms with Gasteiger partial charge in [-0.05, 0) is 50.5 Å². The van der Waals surface area contributed by atoms with Crippen molar-refractivity contribution in [2.45, 2.75) is 79.4 Å². The first-order valence-electron chi connectivity index (χ1n) is 8.26. The van der Waals surface area contributed by atoms with Crippen LogP contribution in [0.15, 0.2) is 24.4 Å². The van der Waals surface area contributed by atoms with Crippen molar-refractivity contribution in [1.29, 1.82) is 0 Å². The Bertz CT molecular complexity index is 371. The molecule has 0 spiro atoms. The molecule has 0 heterocycles. The number of hydrogen-bond donors (Lipinski definition) is 0. The molecule has 2 atom stereocenters. The van der Waals surface area contributed by atoms with E-state index in [1.54, 1.807) is 0 Å². The van der Waals surface area contributed by atoms with Gasteiger partial charge in [0.1, 0.15) is 7.28 Å². The molecule has 0 radical (unpaired) electrons. The zero-order valence-corrected chi connectivity index (χ0v) is 16.9. The van der Waals surface area contributed by atoms with Gasteiger partial charge in [0.15, 0.2) is 0 Å². The monoisotopic (exact) mass is 309 g/mol. The Morgan fingerprint density at radius 2 is 1.67 bits per heavy atom. The first-order chi connectivity index (χ1) is 9.38. The fourth-order valence-corrected chi connectivity index (χ4v) is 3.75. The van der Waals surface area contributed by atoms with Crippen molar-refractivity contribution in [3.05, 3.63) is 24.4 Å². The maximum absolute atomic E-state index is 4.38. The molecular formula is C18H37BNP. The normalized spacial score (nSPS) is 14.0. The zero-order chi connectivity index (χ0) is 17.0. The van der Waals surface area contributed by atoms with Gasteiger partial charge >= 0.3 is 0 Å². The highest BCUT2D eigenvalue weighted by Gasteiger charge is 2.44. The molecule has 2 unspecified atom stereocenters. The fourth-order valence-electron chi connectivity index (χ4n) is 3.17. The lowest BCUT2D eigenvalue weighted by molar-refractivity contribution is 0.0216. The third kappa shape index (κ3) is 5.17. The predicted octanol–water partition coefficient (Wildman–Crippen LogP) is 5.33. The van der Waals surface area contributed by atoms with Crippen LogP contribution in [0.25, 0.3) is 0 Å². The molecule has 0 saturated heterocycles. The van der Waals surface area contributed by atoms with Gasteiger partial charge in [0.25, 0.3) is 0 Å². The summed E-state index contributed by atoms with van der Waals surface area (Å²) in [5, 5.41) is 0. The smallest absolute Gasteiger partial charge is 0.124 e. The van der Waals surface area contributed by atoms with E-state index in [0.29, 0.717) is 5.92 Å². The quantitative estimate of drug-likeness (QED) is 0.316. The van der Waals surface area contributed by atoms with Crippen LogP contribution in [0, 0.1) is 11.3 Å². The van der Waals surface area contributed by atoms with Crippen LogP contribution in [0.2, 0.25) is 13.1 Å². The van der Waals surface area contributed by atoms with E-state index in [4.69, 9.17) is 0 Å². The molecule has 0 bridgehead atoms. The van der Waals surface area contributed by atoms with Crippen LogP contribution in [0.5, 0.6) is 0 Å². The number of allylic oxidation sites excluding steroid dienone is 1. The first-order valence-corrected chi connectivity index (χ1v) is 8.93. The molecule has 0 rings (SSSR count). The Morgan fingerprint density at radius 1 is 1.19 bits per heavy atom. The number of hydrogen-bond acceptors (Lipinski definition) is 1. The van der Waals surface area contributed by atoms with E-state index >= 15 is 0 Å². The van der Waals surface area contributed by atoms with E-state index < -0.39 is 0 Å². The van der Waals surface area contributed by atoms with Gasteiger partial charge in [-0.15, -0.1) is 9.24 Å². The highest BCUT2D eigenvalue weighted by Crippen LogP contribution is 2.45. The minimum absolute atomic E-state index is 0.0227. The van der Waals surface area contributed by atoms with Gasteiger partial charge in [-0.1, -0.05) is 53.2 Å². The van der Waals surface area contributed by atoms with Gasteiger partial charge in [-0.2, -0.15) is 0 Å². The van der Waals surface area contributed by atoms with Crippen LogP contribution in [0.4, 0.5) is 0 Å². The Balaban J connectivity index is 5.67. The topological polar surface area (TPSA) is 3.24 Å². The highest BCUT2D eigenvalue weighted by molar-refractivity contribution is 7.17. The molecule has 1 nitrogen and oxygen atoms in total. The van der Waals surface area contributed by atoms with Crippen molar-refractivity contribution in [2.75, 3.05) is 0 Å². The Hall–Kier alpha value is -0.225. The lowest BCUT2D eigenvalue weighted by atomic mass is 9.67. The molecule has 0 saturated carbocycles. The first kappa shape index (κ1) is 20.8. The average Bonchev–Trinajstić information content (AvgIpc) is 2.26. The largest absolute Gasteiger partial charge is 0.360 e. The van der Waals surface area contributed by atoms with Gasteiger partial charge < -0.3 is 4.90 Å². The molecule has 0 N–H and O–H groups in total. The molecule has 122 valence electrons. The second-order valence-corrected chi connectivity index (χ2v) is 8.65. The maximum atomic E-state index is 4.38. The minimum atomic E-state index is 0.0227. The second-order valence-electron chi connectivity index (χ2n) is 8.02. The van der Waals surface area contributed by atoms with Crippen molar-refractivity contribution < 1.29 is 0 Å². The summed E-state index contributed by atoms with van der Waals surface area (Å²) >= 11 is 0. The molecule has 0 aliphatic rings. The average molecular weight is 309 g/mol. The standard InChI is InChI=1S/C18H37BNP/c1-13(2)11-17(6,7)18(8,9)20(15(5)12-19-10)16(21)14(3)4/h13,16,19H,3,5,11-12,21H2,1-2,4,6-10H3. The lowest BCUT2D eigenvalue weighted by Crippen LogP contribution is -2.56. The summed E-state index contributed by atoms with van der Waals surface area (Å²) in [5.41, 5.74) is 2.62. The number of nitrogens with zero attached hydrogens (tertiary/aromatic N) is 1. The summed E-state index contributed by atoms with van der Waals surface area (Å²) in [5.74, 6) is 0.929. The summed E-state index contributed by atoms with van der Waals surface area (Å²) in [6.07, 6.45) is 2.24. The van der Waals surface area contributed by atoms with Crippen LogP contribution in [0.1, 0.15) is 54.9 Å². The van der Waals surface area contributed by atoms with Crippen LogP contribution in [-0.4, -0.2) is 23.5 Å². The SMILES string of the molecule is C=C(C)C(P)N(C(=C)CBC)C(C)(C)C(C)(C)CC(C)C. The van der Waals surface area contributed by atoms with Crippen molar-refractivity contribution in [3.63, 3.8) is 0 Å². The van der Waals surface area contributed by atoms with Gasteiger partial charge in [-0.25, -0.2) is 0 Å². The van der Waals surface area contributed by atoms with Crippen LogP contribution < -0.4 is 0 Å². The van der Waals surface area contributed by atoms with Crippen molar-refractivity contribution in [1.82, 2.24) is 4.90 Å². The van der Waals surface area contributed by atoms with Crippen molar-refractivity contribution in [3.8, 4) is 0 Å². The molecule has 0 aliphatic heterocycles. The van der Waals surface area contributed by atoms with Crippen LogP contribution in [-0.2, 0) is 0 Å². The predicted molar refractivity (Wildman–Crippen MR) is 104 cm³/mol. The number of rotatable bonds is 9. The van der Waals surface area contributed by atoms with Crippen molar-refractivity contribution >= 4 is 16.5 Å². The molecule has 21 heavy (non-hydrogen) atoms. The lowest BCUT2D eigenvalue weighted by Gasteiger charge is -2.54. The molecular weight excluding hydrogens is 272 g/mol. The summed E-state index contributed by atoms with van der Waals surface area (Å²) < 4.78 is 0. The van der Waals surface area contributed by atoms with Gasteiger partial charge in [0.05, 0.1) is 5.78 Å². The Labute approximate surface area is 137 Å². The van der Waals surface area contributed by atoms with E-state index in [2.05, 4.69) is 82.6 Å². The Kier molecular flexibility index (Phi) is 7.78. The van der Waals surface area contributed by atoms with Gasteiger partial charge in [0, 0.05) is 5.54 Å².